The average molecular weight is 372 g/mol. The molecule has 0 radical (unpaired) electrons. The predicted molar refractivity (Wildman–Crippen MR) is 100.0 cm³/mol. The van der Waals surface area contributed by atoms with Crippen molar-refractivity contribution in [2.24, 2.45) is 0 Å². The van der Waals surface area contributed by atoms with Gasteiger partial charge in [0.25, 0.3) is 5.56 Å². The van der Waals surface area contributed by atoms with Crippen molar-refractivity contribution in [3.63, 3.8) is 0 Å². The number of aryl methyl sites for hydroxylation is 1. The van der Waals surface area contributed by atoms with E-state index in [0.717, 1.165) is 5.56 Å². The van der Waals surface area contributed by atoms with E-state index in [2.05, 4.69) is 15.3 Å². The zero-order valence-electron chi connectivity index (χ0n) is 13.5. The minimum absolute atomic E-state index is 0.0944. The number of nitrogens with one attached hydrogen (secondary N) is 1. The lowest BCUT2D eigenvalue weighted by Gasteiger charge is -2.11. The fraction of sp³-hybridized carbons (Fsp3) is 0.176. The first-order chi connectivity index (χ1) is 12.1. The number of thiazole rings is 1. The van der Waals surface area contributed by atoms with Crippen LogP contribution in [-0.2, 0) is 17.1 Å². The van der Waals surface area contributed by atoms with Gasteiger partial charge in [-0.3, -0.25) is 14.2 Å². The van der Waals surface area contributed by atoms with Gasteiger partial charge in [0.2, 0.25) is 5.91 Å². The van der Waals surface area contributed by atoms with Crippen LogP contribution in [0.25, 0.3) is 0 Å². The van der Waals surface area contributed by atoms with Crippen LogP contribution in [0.4, 0.5) is 5.13 Å². The smallest absolute Gasteiger partial charge is 0.254 e. The van der Waals surface area contributed by atoms with Gasteiger partial charge in [0.1, 0.15) is 6.54 Å². The van der Waals surface area contributed by atoms with E-state index in [1.165, 1.54) is 33.7 Å². The molecule has 0 aliphatic rings. The van der Waals surface area contributed by atoms with Gasteiger partial charge in [0.15, 0.2) is 10.3 Å². The Labute approximate surface area is 153 Å². The Kier molecular flexibility index (Phi) is 5.62. The van der Waals surface area contributed by atoms with E-state index in [1.807, 2.05) is 30.3 Å². The molecule has 1 N–H and O–H groups in total. The summed E-state index contributed by atoms with van der Waals surface area (Å²) in [5.41, 5.74) is 1.52. The Balaban J connectivity index is 1.77. The lowest BCUT2D eigenvalue weighted by molar-refractivity contribution is -0.116. The van der Waals surface area contributed by atoms with Gasteiger partial charge in [-0.1, -0.05) is 42.1 Å². The summed E-state index contributed by atoms with van der Waals surface area (Å²) in [5.74, 6) is 0.370. The highest BCUT2D eigenvalue weighted by Crippen LogP contribution is 2.20. The standard InChI is InChI=1S/C17H16N4O2S2/c1-12-9-15(23)21(10-14(22)20-16-18-7-8-24-16)17(19-12)25-11-13-5-3-2-4-6-13/h2-9H,10-11H2,1H3,(H,18,20,22). The normalized spacial score (nSPS) is 10.6. The zero-order chi connectivity index (χ0) is 17.6. The summed E-state index contributed by atoms with van der Waals surface area (Å²) in [4.78, 5) is 33.0. The molecular weight excluding hydrogens is 356 g/mol. The maximum Gasteiger partial charge on any atom is 0.254 e. The molecule has 128 valence electrons. The number of carbonyl (C=O) groups excluding carboxylic acids is 1. The molecule has 0 saturated heterocycles. The fourth-order valence-corrected chi connectivity index (χ4v) is 3.71. The first kappa shape index (κ1) is 17.4. The molecule has 8 heteroatoms. The van der Waals surface area contributed by atoms with Crippen LogP contribution in [0.2, 0.25) is 0 Å². The summed E-state index contributed by atoms with van der Waals surface area (Å²) in [6, 6.07) is 11.4. The third-order valence-corrected chi connectivity index (χ3v) is 5.03. The molecule has 0 atom stereocenters. The van der Waals surface area contributed by atoms with Crippen LogP contribution >= 0.6 is 23.1 Å². The van der Waals surface area contributed by atoms with Gasteiger partial charge in [-0.2, -0.15) is 0 Å². The summed E-state index contributed by atoms with van der Waals surface area (Å²) in [7, 11) is 0. The number of hydrogen-bond acceptors (Lipinski definition) is 6. The third-order valence-electron chi connectivity index (χ3n) is 3.29. The third kappa shape index (κ3) is 4.77. The van der Waals surface area contributed by atoms with Crippen molar-refractivity contribution in [2.75, 3.05) is 5.32 Å². The minimum Gasteiger partial charge on any atom is -0.300 e. The van der Waals surface area contributed by atoms with Crippen molar-refractivity contribution in [1.29, 1.82) is 0 Å². The number of aromatic nitrogens is 3. The molecule has 0 aliphatic heterocycles. The molecule has 6 nitrogen and oxygen atoms in total. The largest absolute Gasteiger partial charge is 0.300 e. The first-order valence-electron chi connectivity index (χ1n) is 7.56. The Morgan fingerprint density at radius 1 is 1.32 bits per heavy atom. The van der Waals surface area contributed by atoms with E-state index in [9.17, 15) is 9.59 Å². The average Bonchev–Trinajstić information content (AvgIpc) is 3.09. The van der Waals surface area contributed by atoms with Gasteiger partial charge >= 0.3 is 0 Å². The quantitative estimate of drug-likeness (QED) is 0.532. The van der Waals surface area contributed by atoms with Crippen molar-refractivity contribution in [3.05, 3.63) is 69.6 Å². The highest BCUT2D eigenvalue weighted by Gasteiger charge is 2.13. The van der Waals surface area contributed by atoms with Crippen LogP contribution in [-0.4, -0.2) is 20.4 Å². The van der Waals surface area contributed by atoms with Crippen LogP contribution in [0.1, 0.15) is 11.3 Å². The van der Waals surface area contributed by atoms with Crippen molar-refractivity contribution >= 4 is 34.1 Å². The number of amides is 1. The van der Waals surface area contributed by atoms with E-state index in [1.54, 1.807) is 18.5 Å². The highest BCUT2D eigenvalue weighted by molar-refractivity contribution is 7.98. The second-order valence-corrected chi connectivity index (χ2v) is 7.10. The Hall–Kier alpha value is -2.45. The van der Waals surface area contributed by atoms with Crippen molar-refractivity contribution < 1.29 is 4.79 Å². The molecule has 3 rings (SSSR count). The van der Waals surface area contributed by atoms with Gasteiger partial charge < -0.3 is 5.32 Å². The van der Waals surface area contributed by atoms with Crippen molar-refractivity contribution in [2.45, 2.75) is 24.4 Å². The molecule has 0 unspecified atom stereocenters. The van der Waals surface area contributed by atoms with E-state index >= 15 is 0 Å². The number of carbonyl (C=O) groups is 1. The highest BCUT2D eigenvalue weighted by atomic mass is 32.2. The van der Waals surface area contributed by atoms with E-state index in [4.69, 9.17) is 0 Å². The molecule has 3 aromatic rings. The summed E-state index contributed by atoms with van der Waals surface area (Å²) >= 11 is 2.77. The monoisotopic (exact) mass is 372 g/mol. The molecule has 0 bridgehead atoms. The molecule has 0 spiro atoms. The van der Waals surface area contributed by atoms with E-state index in [0.29, 0.717) is 21.7 Å². The number of rotatable bonds is 6. The van der Waals surface area contributed by atoms with Gasteiger partial charge in [0, 0.05) is 29.1 Å². The number of thioether (sulfide) groups is 1. The molecular formula is C17H16N4O2S2. The maximum absolute atomic E-state index is 12.3. The first-order valence-corrected chi connectivity index (χ1v) is 9.43. The van der Waals surface area contributed by atoms with Crippen LogP contribution in [0.15, 0.2) is 57.9 Å². The summed E-state index contributed by atoms with van der Waals surface area (Å²) < 4.78 is 1.39. The summed E-state index contributed by atoms with van der Waals surface area (Å²) in [5, 5.41) is 5.50. The van der Waals surface area contributed by atoms with E-state index in [-0.39, 0.29) is 18.0 Å². The van der Waals surface area contributed by atoms with Crippen LogP contribution in [0, 0.1) is 6.92 Å². The molecule has 0 fully saturated rings. The summed E-state index contributed by atoms with van der Waals surface area (Å²) in [6.07, 6.45) is 1.61. The lowest BCUT2D eigenvalue weighted by atomic mass is 10.2. The number of hydrogen-bond donors (Lipinski definition) is 1. The molecule has 2 heterocycles. The Bertz CT molecular complexity index is 908. The van der Waals surface area contributed by atoms with Gasteiger partial charge in [-0.05, 0) is 12.5 Å². The van der Waals surface area contributed by atoms with Crippen molar-refractivity contribution in [3.8, 4) is 0 Å². The molecule has 0 aliphatic carbocycles. The predicted octanol–water partition coefficient (Wildman–Crippen LogP) is 2.94. The Morgan fingerprint density at radius 2 is 2.12 bits per heavy atom. The number of nitrogens with zero attached hydrogens (tertiary/aromatic N) is 3. The zero-order valence-corrected chi connectivity index (χ0v) is 15.1. The fourth-order valence-electron chi connectivity index (χ4n) is 2.16. The summed E-state index contributed by atoms with van der Waals surface area (Å²) in [6.45, 7) is 1.68. The van der Waals surface area contributed by atoms with Crippen LogP contribution in [0.5, 0.6) is 0 Å². The molecule has 25 heavy (non-hydrogen) atoms. The molecule has 2 aromatic heterocycles. The molecule has 1 aromatic carbocycles. The van der Waals surface area contributed by atoms with Gasteiger partial charge in [-0.15, -0.1) is 11.3 Å². The number of benzene rings is 1. The molecule has 1 amide bonds. The second kappa shape index (κ2) is 8.09. The number of anilines is 1. The van der Waals surface area contributed by atoms with Gasteiger partial charge in [-0.25, -0.2) is 9.97 Å². The Morgan fingerprint density at radius 3 is 2.84 bits per heavy atom. The maximum atomic E-state index is 12.3. The molecule has 0 saturated carbocycles. The van der Waals surface area contributed by atoms with Gasteiger partial charge in [0.05, 0.1) is 0 Å². The van der Waals surface area contributed by atoms with Crippen molar-refractivity contribution in [1.82, 2.24) is 14.5 Å². The SMILES string of the molecule is Cc1cc(=O)n(CC(=O)Nc2nccs2)c(SCc2ccccc2)n1. The second-order valence-electron chi connectivity index (χ2n) is 5.26. The minimum atomic E-state index is -0.302. The lowest BCUT2D eigenvalue weighted by Crippen LogP contribution is -2.29. The van der Waals surface area contributed by atoms with Crippen LogP contribution < -0.4 is 10.9 Å². The topological polar surface area (TPSA) is 76.9 Å². The van der Waals surface area contributed by atoms with E-state index < -0.39 is 0 Å². The van der Waals surface area contributed by atoms with Crippen LogP contribution in [0.3, 0.4) is 0 Å².